The maximum Gasteiger partial charge on any atom is 0.188 e. The number of allylic oxidation sites excluding steroid dienone is 1. The molecule has 3 nitrogen and oxygen atoms in total. The molecule has 25 heavy (non-hydrogen) atoms. The average Bonchev–Trinajstić information content (AvgIpc) is 2.91. The highest BCUT2D eigenvalue weighted by Crippen LogP contribution is 2.35. The molecular formula is C20H18F2O3. The first-order valence-corrected chi connectivity index (χ1v) is 8.11. The Morgan fingerprint density at radius 3 is 2.84 bits per heavy atom. The monoisotopic (exact) mass is 344 g/mol. The van der Waals surface area contributed by atoms with Crippen LogP contribution in [0, 0.1) is 11.6 Å². The highest BCUT2D eigenvalue weighted by atomic mass is 19.1. The molecule has 1 aliphatic heterocycles. The van der Waals surface area contributed by atoms with E-state index in [9.17, 15) is 13.6 Å². The number of hydrogen-bond acceptors (Lipinski definition) is 3. The zero-order chi connectivity index (χ0) is 18.0. The summed E-state index contributed by atoms with van der Waals surface area (Å²) < 4.78 is 38.0. The predicted molar refractivity (Wildman–Crippen MR) is 91.1 cm³/mol. The quantitative estimate of drug-likeness (QED) is 0.588. The first kappa shape index (κ1) is 17.1. The molecule has 130 valence electrons. The van der Waals surface area contributed by atoms with Gasteiger partial charge in [-0.1, -0.05) is 0 Å². The Hall–Kier alpha value is -2.69. The molecule has 0 N–H and O–H groups in total. The van der Waals surface area contributed by atoms with Crippen molar-refractivity contribution >= 4 is 11.9 Å². The normalized spacial score (nSPS) is 15.9. The molecule has 0 aliphatic carbocycles. The van der Waals surface area contributed by atoms with Gasteiger partial charge in [0, 0.05) is 23.6 Å². The molecule has 2 aromatic rings. The van der Waals surface area contributed by atoms with Crippen LogP contribution in [0.3, 0.4) is 0 Å². The van der Waals surface area contributed by atoms with Gasteiger partial charge in [-0.15, -0.1) is 0 Å². The van der Waals surface area contributed by atoms with Crippen LogP contribution in [0.4, 0.5) is 8.78 Å². The van der Waals surface area contributed by atoms with E-state index in [1.807, 2.05) is 26.0 Å². The van der Waals surface area contributed by atoms with E-state index >= 15 is 0 Å². The van der Waals surface area contributed by atoms with E-state index in [2.05, 4.69) is 0 Å². The van der Waals surface area contributed by atoms with Crippen LogP contribution in [-0.4, -0.2) is 18.5 Å². The van der Waals surface area contributed by atoms with E-state index in [0.29, 0.717) is 24.0 Å². The molecule has 5 heteroatoms. The van der Waals surface area contributed by atoms with Crippen LogP contribution in [0.5, 0.6) is 11.5 Å². The van der Waals surface area contributed by atoms with Crippen LogP contribution in [0.1, 0.15) is 35.3 Å². The van der Waals surface area contributed by atoms with Crippen LogP contribution >= 0.6 is 0 Å². The second-order valence-electron chi connectivity index (χ2n) is 5.89. The van der Waals surface area contributed by atoms with Gasteiger partial charge in [-0.25, -0.2) is 8.78 Å². The lowest BCUT2D eigenvalue weighted by Crippen LogP contribution is -2.05. The lowest BCUT2D eigenvalue weighted by molar-refractivity contribution is 0.104. The second-order valence-corrected chi connectivity index (χ2v) is 5.89. The number of rotatable bonds is 5. The topological polar surface area (TPSA) is 35.5 Å². The highest BCUT2D eigenvalue weighted by Gasteiger charge is 2.21. The first-order chi connectivity index (χ1) is 12.0. The summed E-state index contributed by atoms with van der Waals surface area (Å²) in [5.41, 5.74) is 1.55. The average molecular weight is 344 g/mol. The Balaban J connectivity index is 1.90. The largest absolute Gasteiger partial charge is 0.493 e. The lowest BCUT2D eigenvalue weighted by atomic mass is 10.0. The van der Waals surface area contributed by atoms with E-state index in [0.717, 1.165) is 29.9 Å². The number of ether oxygens (including phenoxy) is 2. The van der Waals surface area contributed by atoms with E-state index in [1.165, 1.54) is 6.08 Å². The molecule has 0 spiro atoms. The standard InChI is InChI=1S/C20H18F2O3/c1-3-24-19-10-14-8-12(2)25-20(14)9-13(19)4-7-18(23)16-6-5-15(21)11-17(16)22/h4-7,9-12H,3,8H2,1-2H3/b7-4+. The van der Waals surface area contributed by atoms with Gasteiger partial charge in [0.2, 0.25) is 0 Å². The van der Waals surface area contributed by atoms with E-state index < -0.39 is 17.4 Å². The molecule has 0 saturated heterocycles. The molecule has 3 rings (SSSR count). The molecular weight excluding hydrogens is 326 g/mol. The molecule has 0 amide bonds. The molecule has 0 bridgehead atoms. The maximum absolute atomic E-state index is 13.7. The predicted octanol–water partition coefficient (Wildman–Crippen LogP) is 4.58. The van der Waals surface area contributed by atoms with Crippen molar-refractivity contribution < 1.29 is 23.0 Å². The highest BCUT2D eigenvalue weighted by molar-refractivity contribution is 6.07. The van der Waals surface area contributed by atoms with Crippen LogP contribution < -0.4 is 9.47 Å². The third-order valence-electron chi connectivity index (χ3n) is 3.94. The number of benzene rings is 2. The van der Waals surface area contributed by atoms with Gasteiger partial charge >= 0.3 is 0 Å². The number of carbonyl (C=O) groups excluding carboxylic acids is 1. The molecule has 1 aliphatic rings. The van der Waals surface area contributed by atoms with Crippen LogP contribution in [0.25, 0.3) is 6.08 Å². The molecule has 1 atom stereocenters. The Bertz CT molecular complexity index is 843. The minimum Gasteiger partial charge on any atom is -0.493 e. The van der Waals surface area contributed by atoms with Crippen molar-refractivity contribution in [1.82, 2.24) is 0 Å². The SMILES string of the molecule is CCOc1cc2c(cc1/C=C/C(=O)c1ccc(F)cc1F)OC(C)C2. The van der Waals surface area contributed by atoms with Crippen molar-refractivity contribution in [2.45, 2.75) is 26.4 Å². The molecule has 0 saturated carbocycles. The van der Waals surface area contributed by atoms with Gasteiger partial charge in [0.15, 0.2) is 5.78 Å². The van der Waals surface area contributed by atoms with Gasteiger partial charge in [-0.05, 0) is 50.3 Å². The fourth-order valence-corrected chi connectivity index (χ4v) is 2.81. The van der Waals surface area contributed by atoms with Crippen LogP contribution in [0.2, 0.25) is 0 Å². The molecule has 0 fully saturated rings. The summed E-state index contributed by atoms with van der Waals surface area (Å²) >= 11 is 0. The Labute approximate surface area is 144 Å². The summed E-state index contributed by atoms with van der Waals surface area (Å²) in [7, 11) is 0. The third-order valence-corrected chi connectivity index (χ3v) is 3.94. The number of carbonyl (C=O) groups is 1. The number of ketones is 1. The summed E-state index contributed by atoms with van der Waals surface area (Å²) in [5, 5.41) is 0. The summed E-state index contributed by atoms with van der Waals surface area (Å²) in [4.78, 5) is 12.2. The van der Waals surface area contributed by atoms with Crippen LogP contribution in [0.15, 0.2) is 36.4 Å². The third kappa shape index (κ3) is 3.71. The van der Waals surface area contributed by atoms with Crippen molar-refractivity contribution in [3.05, 3.63) is 64.7 Å². The summed E-state index contributed by atoms with van der Waals surface area (Å²) in [6.45, 7) is 4.34. The van der Waals surface area contributed by atoms with Crippen molar-refractivity contribution in [3.63, 3.8) is 0 Å². The van der Waals surface area contributed by atoms with E-state index in [4.69, 9.17) is 9.47 Å². The molecule has 2 aromatic carbocycles. The fraction of sp³-hybridized carbons (Fsp3) is 0.250. The minimum atomic E-state index is -0.884. The Kier molecular flexibility index (Phi) is 4.83. The molecule has 0 aromatic heterocycles. The summed E-state index contributed by atoms with van der Waals surface area (Å²) in [6.07, 6.45) is 3.71. The smallest absolute Gasteiger partial charge is 0.188 e. The Morgan fingerprint density at radius 2 is 2.12 bits per heavy atom. The molecule has 1 unspecified atom stereocenters. The van der Waals surface area contributed by atoms with E-state index in [1.54, 1.807) is 6.08 Å². The van der Waals surface area contributed by atoms with Gasteiger partial charge in [-0.3, -0.25) is 4.79 Å². The van der Waals surface area contributed by atoms with Gasteiger partial charge in [0.25, 0.3) is 0 Å². The minimum absolute atomic E-state index is 0.0960. The summed E-state index contributed by atoms with van der Waals surface area (Å²) in [5.74, 6) is -0.749. The van der Waals surface area contributed by atoms with Gasteiger partial charge < -0.3 is 9.47 Å². The first-order valence-electron chi connectivity index (χ1n) is 8.11. The summed E-state index contributed by atoms with van der Waals surface area (Å²) in [6, 6.07) is 6.60. The van der Waals surface area contributed by atoms with Crippen molar-refractivity contribution in [2.24, 2.45) is 0 Å². The fourth-order valence-electron chi connectivity index (χ4n) is 2.81. The van der Waals surface area contributed by atoms with Crippen LogP contribution in [-0.2, 0) is 6.42 Å². The maximum atomic E-state index is 13.7. The number of halogens is 2. The van der Waals surface area contributed by atoms with Crippen molar-refractivity contribution in [2.75, 3.05) is 6.61 Å². The number of hydrogen-bond donors (Lipinski definition) is 0. The zero-order valence-electron chi connectivity index (χ0n) is 14.0. The lowest BCUT2D eigenvalue weighted by Gasteiger charge is -2.10. The van der Waals surface area contributed by atoms with Crippen molar-refractivity contribution in [3.8, 4) is 11.5 Å². The molecule has 1 heterocycles. The van der Waals surface area contributed by atoms with Crippen molar-refractivity contribution in [1.29, 1.82) is 0 Å². The Morgan fingerprint density at radius 1 is 1.32 bits per heavy atom. The molecule has 0 radical (unpaired) electrons. The van der Waals surface area contributed by atoms with Gasteiger partial charge in [0.05, 0.1) is 12.2 Å². The van der Waals surface area contributed by atoms with Gasteiger partial charge in [-0.2, -0.15) is 0 Å². The second kappa shape index (κ2) is 7.05. The number of fused-ring (bicyclic) bond motifs is 1. The zero-order valence-corrected chi connectivity index (χ0v) is 14.0. The van der Waals surface area contributed by atoms with Gasteiger partial charge in [0.1, 0.15) is 29.2 Å². The van der Waals surface area contributed by atoms with E-state index in [-0.39, 0.29) is 11.7 Å².